The molecule has 0 N–H and O–H groups in total. The van der Waals surface area contributed by atoms with Gasteiger partial charge < -0.3 is 9.47 Å². The van der Waals surface area contributed by atoms with Gasteiger partial charge in [0.25, 0.3) is 0 Å². The van der Waals surface area contributed by atoms with Crippen LogP contribution >= 0.6 is 0 Å². The van der Waals surface area contributed by atoms with Crippen molar-refractivity contribution in [3.8, 4) is 5.75 Å². The summed E-state index contributed by atoms with van der Waals surface area (Å²) in [5.74, 6) is 0.417. The molecule has 0 aliphatic heterocycles. The minimum absolute atomic E-state index is 0.0584. The minimum atomic E-state index is -0.364. The molecule has 0 aromatic heterocycles. The zero-order valence-electron chi connectivity index (χ0n) is 14.4. The van der Waals surface area contributed by atoms with Gasteiger partial charge in [-0.2, -0.15) is 0 Å². The molecule has 0 aliphatic rings. The summed E-state index contributed by atoms with van der Waals surface area (Å²) in [6, 6.07) is 10.5. The summed E-state index contributed by atoms with van der Waals surface area (Å²) in [5, 5.41) is 2.29. The Morgan fingerprint density at radius 2 is 1.87 bits per heavy atom. The van der Waals surface area contributed by atoms with E-state index in [0.29, 0.717) is 0 Å². The molecule has 0 heterocycles. The topological polar surface area (TPSA) is 35.5 Å². The number of carbonyl (C=O) groups excluding carboxylic acids is 1. The first-order chi connectivity index (χ1) is 11.2. The van der Waals surface area contributed by atoms with E-state index in [4.69, 9.17) is 4.74 Å². The molecule has 3 nitrogen and oxygen atoms in total. The van der Waals surface area contributed by atoms with E-state index in [2.05, 4.69) is 42.0 Å². The van der Waals surface area contributed by atoms with Crippen LogP contribution in [0.3, 0.4) is 0 Å². The quantitative estimate of drug-likeness (QED) is 0.517. The number of rotatable bonds is 8. The Bertz CT molecular complexity index is 661. The van der Waals surface area contributed by atoms with Gasteiger partial charge in [-0.25, -0.2) is 4.79 Å². The molecule has 2 aromatic carbocycles. The molecule has 0 radical (unpaired) electrons. The standard InChI is InChI=1S/C20H26O3/c1-4-5-6-7-9-16-10-8-11-18-17(16)13-12-15(2)20(18)23-14-19(21)22-3/h8,10-13H,4-7,9,14H2,1-3H3. The second kappa shape index (κ2) is 8.56. The first kappa shape index (κ1) is 17.3. The van der Waals surface area contributed by atoms with E-state index in [0.717, 1.165) is 23.1 Å². The van der Waals surface area contributed by atoms with Gasteiger partial charge >= 0.3 is 5.97 Å². The van der Waals surface area contributed by atoms with Crippen molar-refractivity contribution in [2.24, 2.45) is 0 Å². The third-order valence-corrected chi connectivity index (χ3v) is 4.16. The third-order valence-electron chi connectivity index (χ3n) is 4.16. The molecule has 0 unspecified atom stereocenters. The number of fused-ring (bicyclic) bond motifs is 1. The largest absolute Gasteiger partial charge is 0.481 e. The molecule has 0 saturated carbocycles. The predicted octanol–water partition coefficient (Wildman–Crippen LogP) is 4.82. The summed E-state index contributed by atoms with van der Waals surface area (Å²) in [7, 11) is 1.37. The number of methoxy groups -OCH3 is 1. The molecule has 0 spiro atoms. The monoisotopic (exact) mass is 314 g/mol. The van der Waals surface area contributed by atoms with Crippen molar-refractivity contribution in [1.29, 1.82) is 0 Å². The Morgan fingerprint density at radius 3 is 2.61 bits per heavy atom. The van der Waals surface area contributed by atoms with Gasteiger partial charge in [0, 0.05) is 5.39 Å². The number of carbonyl (C=O) groups is 1. The third kappa shape index (κ3) is 4.47. The fraction of sp³-hybridized carbons (Fsp3) is 0.450. The van der Waals surface area contributed by atoms with Crippen molar-refractivity contribution in [2.45, 2.75) is 46.0 Å². The Balaban J connectivity index is 2.25. The second-order valence-electron chi connectivity index (χ2n) is 5.90. The molecule has 2 aromatic rings. The molecule has 0 bridgehead atoms. The molecular weight excluding hydrogens is 288 g/mol. The average Bonchev–Trinajstić information content (AvgIpc) is 2.57. The van der Waals surface area contributed by atoms with Gasteiger partial charge in [-0.05, 0) is 36.3 Å². The minimum Gasteiger partial charge on any atom is -0.481 e. The van der Waals surface area contributed by atoms with Crippen molar-refractivity contribution in [3.05, 3.63) is 41.5 Å². The van der Waals surface area contributed by atoms with Crippen LogP contribution < -0.4 is 4.74 Å². The summed E-state index contributed by atoms with van der Waals surface area (Å²) in [5.41, 5.74) is 2.38. The number of unbranched alkanes of at least 4 members (excludes halogenated alkanes) is 3. The highest BCUT2D eigenvalue weighted by Crippen LogP contribution is 2.32. The Labute approximate surface area is 138 Å². The highest BCUT2D eigenvalue weighted by molar-refractivity contribution is 5.92. The second-order valence-corrected chi connectivity index (χ2v) is 5.90. The molecular formula is C20H26O3. The fourth-order valence-corrected chi connectivity index (χ4v) is 2.85. The maximum absolute atomic E-state index is 11.4. The number of hydrogen-bond acceptors (Lipinski definition) is 3. The zero-order valence-corrected chi connectivity index (χ0v) is 14.4. The highest BCUT2D eigenvalue weighted by atomic mass is 16.6. The van der Waals surface area contributed by atoms with E-state index in [9.17, 15) is 4.79 Å². The first-order valence-corrected chi connectivity index (χ1v) is 8.38. The lowest BCUT2D eigenvalue weighted by Gasteiger charge is -2.14. The number of esters is 1. The van der Waals surface area contributed by atoms with Crippen LogP contribution in [0.25, 0.3) is 10.8 Å². The molecule has 0 aliphatic carbocycles. The van der Waals surface area contributed by atoms with Gasteiger partial charge in [0.1, 0.15) is 5.75 Å². The highest BCUT2D eigenvalue weighted by Gasteiger charge is 2.11. The Morgan fingerprint density at radius 1 is 1.04 bits per heavy atom. The number of aryl methyl sites for hydroxylation is 2. The van der Waals surface area contributed by atoms with Crippen LogP contribution in [-0.2, 0) is 16.0 Å². The molecule has 0 amide bonds. The van der Waals surface area contributed by atoms with E-state index in [1.807, 2.05) is 6.92 Å². The van der Waals surface area contributed by atoms with Crippen LogP contribution in [0.5, 0.6) is 5.75 Å². The maximum atomic E-state index is 11.4. The van der Waals surface area contributed by atoms with E-state index >= 15 is 0 Å². The van der Waals surface area contributed by atoms with E-state index in [-0.39, 0.29) is 12.6 Å². The average molecular weight is 314 g/mol. The molecule has 3 heteroatoms. The van der Waals surface area contributed by atoms with Crippen molar-refractivity contribution < 1.29 is 14.3 Å². The lowest BCUT2D eigenvalue weighted by Crippen LogP contribution is -2.13. The summed E-state index contributed by atoms with van der Waals surface area (Å²) >= 11 is 0. The normalized spacial score (nSPS) is 10.7. The number of ether oxygens (including phenoxy) is 2. The molecule has 2 rings (SSSR count). The molecule has 0 atom stereocenters. The maximum Gasteiger partial charge on any atom is 0.343 e. The van der Waals surface area contributed by atoms with E-state index in [1.54, 1.807) is 0 Å². The van der Waals surface area contributed by atoms with Crippen LogP contribution in [-0.4, -0.2) is 19.7 Å². The SMILES string of the molecule is CCCCCCc1cccc2c(OCC(=O)OC)c(C)ccc12. The Kier molecular flexibility index (Phi) is 6.45. The Hall–Kier alpha value is -2.03. The van der Waals surface area contributed by atoms with Crippen LogP contribution in [0.4, 0.5) is 0 Å². The summed E-state index contributed by atoms with van der Waals surface area (Å²) in [6.45, 7) is 4.17. The van der Waals surface area contributed by atoms with E-state index in [1.165, 1.54) is 43.7 Å². The molecule has 124 valence electrons. The van der Waals surface area contributed by atoms with Crippen LogP contribution in [0.15, 0.2) is 30.3 Å². The van der Waals surface area contributed by atoms with Crippen LogP contribution in [0.1, 0.15) is 43.7 Å². The first-order valence-electron chi connectivity index (χ1n) is 8.38. The van der Waals surface area contributed by atoms with Crippen LogP contribution in [0, 0.1) is 6.92 Å². The van der Waals surface area contributed by atoms with Crippen molar-refractivity contribution in [1.82, 2.24) is 0 Å². The van der Waals surface area contributed by atoms with Gasteiger partial charge in [-0.1, -0.05) is 56.5 Å². The van der Waals surface area contributed by atoms with Crippen molar-refractivity contribution in [3.63, 3.8) is 0 Å². The van der Waals surface area contributed by atoms with Gasteiger partial charge in [0.2, 0.25) is 0 Å². The van der Waals surface area contributed by atoms with E-state index < -0.39 is 0 Å². The number of hydrogen-bond donors (Lipinski definition) is 0. The van der Waals surface area contributed by atoms with Gasteiger partial charge in [0.05, 0.1) is 7.11 Å². The zero-order chi connectivity index (χ0) is 16.7. The van der Waals surface area contributed by atoms with Crippen molar-refractivity contribution >= 4 is 16.7 Å². The smallest absolute Gasteiger partial charge is 0.343 e. The fourth-order valence-electron chi connectivity index (χ4n) is 2.85. The van der Waals surface area contributed by atoms with Gasteiger partial charge in [-0.3, -0.25) is 0 Å². The molecule has 23 heavy (non-hydrogen) atoms. The lowest BCUT2D eigenvalue weighted by atomic mass is 9.97. The summed E-state index contributed by atoms with van der Waals surface area (Å²) in [4.78, 5) is 11.4. The summed E-state index contributed by atoms with van der Waals surface area (Å²) in [6.07, 6.45) is 6.10. The molecule has 0 saturated heterocycles. The van der Waals surface area contributed by atoms with Crippen molar-refractivity contribution in [2.75, 3.05) is 13.7 Å². The van der Waals surface area contributed by atoms with Crippen LogP contribution in [0.2, 0.25) is 0 Å². The molecule has 0 fully saturated rings. The predicted molar refractivity (Wildman–Crippen MR) is 94.0 cm³/mol. The van der Waals surface area contributed by atoms with Gasteiger partial charge in [0.15, 0.2) is 6.61 Å². The van der Waals surface area contributed by atoms with Gasteiger partial charge in [-0.15, -0.1) is 0 Å². The summed E-state index contributed by atoms with van der Waals surface area (Å²) < 4.78 is 10.4. The number of benzene rings is 2. The lowest BCUT2D eigenvalue weighted by molar-refractivity contribution is -0.142.